The van der Waals surface area contributed by atoms with Crippen molar-refractivity contribution in [2.75, 3.05) is 16.8 Å². The van der Waals surface area contributed by atoms with Crippen molar-refractivity contribution in [1.82, 2.24) is 4.98 Å². The van der Waals surface area contributed by atoms with Gasteiger partial charge in [0.25, 0.3) is 11.7 Å². The predicted molar refractivity (Wildman–Crippen MR) is 93.0 cm³/mol. The van der Waals surface area contributed by atoms with Crippen LogP contribution in [0, 0.1) is 10.1 Å². The molecule has 2 amide bonds. The van der Waals surface area contributed by atoms with Gasteiger partial charge in [-0.05, 0) is 42.0 Å². The monoisotopic (exact) mass is 356 g/mol. The molecule has 0 radical (unpaired) electrons. The number of anilines is 2. The van der Waals surface area contributed by atoms with Gasteiger partial charge in [0.15, 0.2) is 11.4 Å². The van der Waals surface area contributed by atoms with E-state index < -0.39 is 28.2 Å². The first-order chi connectivity index (χ1) is 12.3. The molecule has 0 saturated heterocycles. The van der Waals surface area contributed by atoms with E-state index >= 15 is 0 Å². The average molecular weight is 356 g/mol. The molecule has 0 aliphatic carbocycles. The summed E-state index contributed by atoms with van der Waals surface area (Å²) in [4.78, 5) is 40.3. The normalized spacial score (nSPS) is 15.0. The van der Waals surface area contributed by atoms with Crippen molar-refractivity contribution in [1.29, 1.82) is 0 Å². The van der Waals surface area contributed by atoms with E-state index in [0.717, 1.165) is 4.90 Å². The molecule has 2 heterocycles. The fourth-order valence-corrected chi connectivity index (χ4v) is 2.55. The maximum absolute atomic E-state index is 12.7. The van der Waals surface area contributed by atoms with Crippen molar-refractivity contribution in [2.24, 2.45) is 0 Å². The molecule has 1 aliphatic heterocycles. The van der Waals surface area contributed by atoms with Crippen LogP contribution in [-0.2, 0) is 9.59 Å². The van der Waals surface area contributed by atoms with Crippen LogP contribution in [0.15, 0.2) is 42.5 Å². The van der Waals surface area contributed by atoms with E-state index in [2.05, 4.69) is 10.3 Å². The molecule has 0 fully saturated rings. The van der Waals surface area contributed by atoms with E-state index in [-0.39, 0.29) is 18.1 Å². The van der Waals surface area contributed by atoms with E-state index in [1.165, 1.54) is 12.1 Å². The van der Waals surface area contributed by atoms with Crippen LogP contribution in [0.1, 0.15) is 13.8 Å². The summed E-state index contributed by atoms with van der Waals surface area (Å²) < 4.78 is 5.59. The first-order valence-electron chi connectivity index (χ1n) is 7.79. The number of nitro groups is 1. The Morgan fingerprint density at radius 2 is 1.96 bits per heavy atom. The molecule has 1 N–H and O–H groups in total. The summed E-state index contributed by atoms with van der Waals surface area (Å²) in [6, 6.07) is 11.3. The molecule has 1 aromatic heterocycles. The van der Waals surface area contributed by atoms with Gasteiger partial charge in [-0.2, -0.15) is 0 Å². The molecule has 0 atom stereocenters. The Kier molecular flexibility index (Phi) is 4.29. The van der Waals surface area contributed by atoms with Crippen LogP contribution in [0.4, 0.5) is 17.3 Å². The summed E-state index contributed by atoms with van der Waals surface area (Å²) in [5, 5.41) is 13.7. The molecular weight excluding hydrogens is 340 g/mol. The summed E-state index contributed by atoms with van der Waals surface area (Å²) in [7, 11) is 0. The number of hydrogen-bond donors (Lipinski definition) is 1. The number of hydrogen-bond acceptors (Lipinski definition) is 6. The minimum Gasteiger partial charge on any atom is -0.472 e. The number of fused-ring (bicyclic) bond motifs is 1. The number of rotatable bonds is 4. The number of aromatic nitrogens is 1. The third-order valence-electron chi connectivity index (χ3n) is 3.75. The summed E-state index contributed by atoms with van der Waals surface area (Å²) >= 11 is 0. The summed E-state index contributed by atoms with van der Waals surface area (Å²) in [5.74, 6) is -1.25. The van der Waals surface area contributed by atoms with Crippen LogP contribution in [0.2, 0.25) is 0 Å². The van der Waals surface area contributed by atoms with Crippen molar-refractivity contribution < 1.29 is 19.2 Å². The molecule has 0 spiro atoms. The van der Waals surface area contributed by atoms with Gasteiger partial charge < -0.3 is 20.2 Å². The highest BCUT2D eigenvalue weighted by atomic mass is 16.6. The van der Waals surface area contributed by atoms with Crippen LogP contribution in [0.5, 0.6) is 5.75 Å². The lowest BCUT2D eigenvalue weighted by atomic mass is 10.1. The van der Waals surface area contributed by atoms with Crippen molar-refractivity contribution in [3.05, 3.63) is 52.6 Å². The number of ether oxygens (including phenoxy) is 1. The lowest BCUT2D eigenvalue weighted by molar-refractivity contribution is -0.389. The molecular formula is C17H16N4O5. The number of nitrogens with zero attached hydrogens (tertiary/aromatic N) is 3. The number of carbonyl (C=O) groups is 2. The Morgan fingerprint density at radius 3 is 2.62 bits per heavy atom. The first-order valence-corrected chi connectivity index (χ1v) is 7.79. The molecule has 1 aromatic carbocycles. The summed E-state index contributed by atoms with van der Waals surface area (Å²) in [6.45, 7) is 2.77. The Hall–Kier alpha value is -3.49. The van der Waals surface area contributed by atoms with Crippen molar-refractivity contribution in [3.8, 4) is 5.75 Å². The van der Waals surface area contributed by atoms with Gasteiger partial charge in [0, 0.05) is 11.8 Å². The second-order valence-electron chi connectivity index (χ2n) is 6.17. The minimum atomic E-state index is -1.22. The molecule has 0 saturated carbocycles. The van der Waals surface area contributed by atoms with E-state index in [4.69, 9.17) is 4.74 Å². The second kappa shape index (κ2) is 6.43. The van der Waals surface area contributed by atoms with Gasteiger partial charge in [0.05, 0.1) is 0 Å². The van der Waals surface area contributed by atoms with E-state index in [1.54, 1.807) is 38.1 Å². The topological polar surface area (TPSA) is 115 Å². The maximum Gasteiger partial charge on any atom is 0.366 e. The Labute approximate surface area is 148 Å². The number of nitrogens with one attached hydrogen (secondary N) is 1. The zero-order chi connectivity index (χ0) is 18.9. The fraction of sp³-hybridized carbons (Fsp3) is 0.235. The maximum atomic E-state index is 12.7. The second-order valence-corrected chi connectivity index (χ2v) is 6.17. The van der Waals surface area contributed by atoms with Crippen LogP contribution < -0.4 is 15.0 Å². The zero-order valence-electron chi connectivity index (χ0n) is 14.1. The van der Waals surface area contributed by atoms with E-state index in [1.807, 2.05) is 6.07 Å². The average Bonchev–Trinajstić information content (AvgIpc) is 2.59. The summed E-state index contributed by atoms with van der Waals surface area (Å²) in [6.07, 6.45) is 0. The Balaban J connectivity index is 1.91. The lowest BCUT2D eigenvalue weighted by Gasteiger charge is -2.35. The van der Waals surface area contributed by atoms with Gasteiger partial charge >= 0.3 is 5.82 Å². The third kappa shape index (κ3) is 3.32. The van der Waals surface area contributed by atoms with Gasteiger partial charge in [-0.15, -0.1) is 0 Å². The highest BCUT2D eigenvalue weighted by molar-refractivity contribution is 6.07. The molecule has 9 heteroatoms. The standard InChI is InChI=1S/C17H16N4O5/c1-17(2)16(23)20(10-14(22)18-11-6-4-3-5-7-11)15-12(26-17)8-9-13(19-15)21(24)25/h3-9H,10H2,1-2H3,(H,18,22). The van der Waals surface area contributed by atoms with E-state index in [0.29, 0.717) is 5.69 Å². The molecule has 134 valence electrons. The predicted octanol–water partition coefficient (Wildman–Crippen LogP) is 2.13. The quantitative estimate of drug-likeness (QED) is 0.663. The highest BCUT2D eigenvalue weighted by Crippen LogP contribution is 2.37. The van der Waals surface area contributed by atoms with Crippen LogP contribution in [-0.4, -0.2) is 33.9 Å². The number of para-hydroxylation sites is 1. The number of amides is 2. The smallest absolute Gasteiger partial charge is 0.366 e. The Morgan fingerprint density at radius 1 is 1.27 bits per heavy atom. The molecule has 2 aromatic rings. The molecule has 3 rings (SSSR count). The number of carbonyl (C=O) groups excluding carboxylic acids is 2. The van der Waals surface area contributed by atoms with Crippen molar-refractivity contribution in [2.45, 2.75) is 19.4 Å². The largest absolute Gasteiger partial charge is 0.472 e. The van der Waals surface area contributed by atoms with Crippen molar-refractivity contribution in [3.63, 3.8) is 0 Å². The molecule has 1 aliphatic rings. The zero-order valence-corrected chi connectivity index (χ0v) is 14.1. The molecule has 0 bridgehead atoms. The SMILES string of the molecule is CC1(C)Oc2ccc([N+](=O)[O-])nc2N(CC(=O)Nc2ccccc2)C1=O. The van der Waals surface area contributed by atoms with Gasteiger partial charge in [0.1, 0.15) is 6.54 Å². The third-order valence-corrected chi connectivity index (χ3v) is 3.75. The van der Waals surface area contributed by atoms with Crippen LogP contribution in [0.3, 0.4) is 0 Å². The first kappa shape index (κ1) is 17.3. The molecule has 9 nitrogen and oxygen atoms in total. The van der Waals surface area contributed by atoms with E-state index in [9.17, 15) is 19.7 Å². The Bertz CT molecular complexity index is 882. The molecule has 0 unspecified atom stereocenters. The summed E-state index contributed by atoms with van der Waals surface area (Å²) in [5.41, 5.74) is -0.651. The van der Waals surface area contributed by atoms with Crippen LogP contribution in [0.25, 0.3) is 0 Å². The molecule has 26 heavy (non-hydrogen) atoms. The number of benzene rings is 1. The van der Waals surface area contributed by atoms with Gasteiger partial charge in [-0.1, -0.05) is 18.2 Å². The number of pyridine rings is 1. The lowest BCUT2D eigenvalue weighted by Crippen LogP contribution is -2.54. The van der Waals surface area contributed by atoms with Crippen molar-refractivity contribution >= 4 is 29.1 Å². The van der Waals surface area contributed by atoms with Gasteiger partial charge in [0.2, 0.25) is 5.91 Å². The highest BCUT2D eigenvalue weighted by Gasteiger charge is 2.45. The minimum absolute atomic E-state index is 0.0493. The van der Waals surface area contributed by atoms with Crippen LogP contribution >= 0.6 is 0 Å². The fourth-order valence-electron chi connectivity index (χ4n) is 2.55. The van der Waals surface area contributed by atoms with Gasteiger partial charge in [-0.25, -0.2) is 0 Å². The van der Waals surface area contributed by atoms with Gasteiger partial charge in [-0.3, -0.25) is 14.5 Å².